The Morgan fingerprint density at radius 3 is 1.81 bits per heavy atom. The van der Waals surface area contributed by atoms with Crippen LogP contribution in [0, 0.1) is 35.3 Å². The Labute approximate surface area is 188 Å². The highest BCUT2D eigenvalue weighted by Gasteiger charge is 2.34. The van der Waals surface area contributed by atoms with Crippen molar-refractivity contribution < 1.29 is 26.7 Å². The molecule has 0 aromatic heterocycles. The molecule has 1 aromatic carbocycles. The molecule has 2 aliphatic rings. The molecule has 0 unspecified atom stereocenters. The summed E-state index contributed by atoms with van der Waals surface area (Å²) in [6.07, 6.45) is 13.2. The molecule has 0 bridgehead atoms. The highest BCUT2D eigenvalue weighted by molar-refractivity contribution is 5.31. The van der Waals surface area contributed by atoms with E-state index in [9.17, 15) is 22.0 Å². The van der Waals surface area contributed by atoms with Gasteiger partial charge < -0.3 is 4.74 Å². The van der Waals surface area contributed by atoms with Gasteiger partial charge in [-0.25, -0.2) is 8.78 Å². The predicted molar refractivity (Wildman–Crippen MR) is 116 cm³/mol. The van der Waals surface area contributed by atoms with E-state index in [1.807, 2.05) is 0 Å². The van der Waals surface area contributed by atoms with Crippen molar-refractivity contribution in [2.24, 2.45) is 23.7 Å². The lowest BCUT2D eigenvalue weighted by Gasteiger charge is -2.38. The van der Waals surface area contributed by atoms with E-state index in [-0.39, 0.29) is 0 Å². The van der Waals surface area contributed by atoms with Gasteiger partial charge in [0.15, 0.2) is 11.6 Å². The van der Waals surface area contributed by atoms with Crippen LogP contribution in [0.2, 0.25) is 0 Å². The second kappa shape index (κ2) is 11.5. The zero-order chi connectivity index (χ0) is 23.1. The van der Waals surface area contributed by atoms with Crippen molar-refractivity contribution in [1.82, 2.24) is 0 Å². The summed E-state index contributed by atoms with van der Waals surface area (Å²) in [5.41, 5.74) is 0.382. The van der Waals surface area contributed by atoms with Gasteiger partial charge in [-0.1, -0.05) is 37.8 Å². The first kappa shape index (κ1) is 25.0. The molecule has 6 heteroatoms. The smallest absolute Gasteiger partial charge is 0.399 e. The van der Waals surface area contributed by atoms with Gasteiger partial charge in [0, 0.05) is 0 Å². The number of halogens is 5. The molecule has 0 amide bonds. The Hall–Kier alpha value is -1.59. The summed E-state index contributed by atoms with van der Waals surface area (Å²) in [6.45, 7) is 2.08. The van der Waals surface area contributed by atoms with Crippen LogP contribution < -0.4 is 4.74 Å². The summed E-state index contributed by atoms with van der Waals surface area (Å²) in [5, 5.41) is 0. The molecule has 0 spiro atoms. The number of ether oxygens (including phenoxy) is 1. The van der Waals surface area contributed by atoms with Gasteiger partial charge in [-0.3, -0.25) is 0 Å². The second-order valence-electron chi connectivity index (χ2n) is 9.68. The molecule has 2 saturated carbocycles. The number of hydrogen-bond acceptors (Lipinski definition) is 1. The third-order valence-electron chi connectivity index (χ3n) is 7.54. The highest BCUT2D eigenvalue weighted by atomic mass is 19.4. The quantitative estimate of drug-likeness (QED) is 0.279. The van der Waals surface area contributed by atoms with Crippen LogP contribution in [-0.2, 0) is 6.42 Å². The lowest BCUT2D eigenvalue weighted by atomic mass is 9.68. The van der Waals surface area contributed by atoms with Gasteiger partial charge in [-0.2, -0.15) is 0 Å². The molecule has 1 nitrogen and oxygen atoms in total. The molecule has 2 fully saturated rings. The minimum absolute atomic E-state index is 0.382. The maximum atomic E-state index is 13.9. The van der Waals surface area contributed by atoms with Gasteiger partial charge in [0.1, 0.15) is 0 Å². The Bertz CT molecular complexity index is 718. The molecule has 180 valence electrons. The Kier molecular flexibility index (Phi) is 9.01. The van der Waals surface area contributed by atoms with Crippen LogP contribution in [0.3, 0.4) is 0 Å². The van der Waals surface area contributed by atoms with E-state index in [1.54, 1.807) is 0 Å². The third kappa shape index (κ3) is 7.48. The average Bonchev–Trinajstić information content (AvgIpc) is 2.75. The van der Waals surface area contributed by atoms with Crippen molar-refractivity contribution in [2.75, 3.05) is 0 Å². The maximum absolute atomic E-state index is 13.9. The fourth-order valence-electron chi connectivity index (χ4n) is 5.74. The van der Waals surface area contributed by atoms with Crippen LogP contribution in [0.15, 0.2) is 24.3 Å². The summed E-state index contributed by atoms with van der Waals surface area (Å²) in [5.74, 6) is -0.939. The number of benzene rings is 1. The SMILES string of the molecule is C/C=C/CC[C@H]1CC[C@H]([C@H]2CC[C@H](CCc3cc(F)c(OC(F)(F)F)c(F)c3)CC2)CC1. The zero-order valence-corrected chi connectivity index (χ0v) is 18.9. The summed E-state index contributed by atoms with van der Waals surface area (Å²) < 4.78 is 68.1. The van der Waals surface area contributed by atoms with E-state index in [4.69, 9.17) is 0 Å². The summed E-state index contributed by atoms with van der Waals surface area (Å²) >= 11 is 0. The number of alkyl halides is 3. The van der Waals surface area contributed by atoms with Crippen LogP contribution in [-0.4, -0.2) is 6.36 Å². The molecule has 32 heavy (non-hydrogen) atoms. The van der Waals surface area contributed by atoms with Crippen LogP contribution in [0.25, 0.3) is 0 Å². The van der Waals surface area contributed by atoms with E-state index < -0.39 is 23.7 Å². The molecule has 1 aromatic rings. The number of allylic oxidation sites excluding steroid dienone is 2. The van der Waals surface area contributed by atoms with Crippen LogP contribution in [0.1, 0.15) is 83.1 Å². The lowest BCUT2D eigenvalue weighted by molar-refractivity contribution is -0.276. The van der Waals surface area contributed by atoms with Gasteiger partial charge >= 0.3 is 6.36 Å². The predicted octanol–water partition coefficient (Wildman–Crippen LogP) is 8.77. The molecular weight excluding hydrogens is 423 g/mol. The van der Waals surface area contributed by atoms with Crippen molar-refractivity contribution in [3.63, 3.8) is 0 Å². The van der Waals surface area contributed by atoms with Gasteiger partial charge in [0.25, 0.3) is 0 Å². The normalized spacial score (nSPS) is 27.1. The summed E-state index contributed by atoms with van der Waals surface area (Å²) in [4.78, 5) is 0. The van der Waals surface area contributed by atoms with Gasteiger partial charge in [-0.05, 0) is 99.7 Å². The highest BCUT2D eigenvalue weighted by Crippen LogP contribution is 2.43. The van der Waals surface area contributed by atoms with Crippen molar-refractivity contribution in [3.8, 4) is 5.75 Å². The molecule has 0 heterocycles. The lowest BCUT2D eigenvalue weighted by Crippen LogP contribution is -2.26. The molecule has 0 aliphatic heterocycles. The standard InChI is InChI=1S/C26H35F5O/c1-2-3-4-5-18-8-12-21(13-9-18)22-14-10-19(11-15-22)6-7-20-16-23(27)25(24(28)17-20)32-26(29,30)31/h2-3,16-19,21-22H,4-15H2,1H3/b3-2+/t18-,19-,21-,22-. The fraction of sp³-hybridized carbons (Fsp3) is 0.692. The van der Waals surface area contributed by atoms with E-state index >= 15 is 0 Å². The minimum Gasteiger partial charge on any atom is -0.399 e. The van der Waals surface area contributed by atoms with E-state index in [1.165, 1.54) is 51.4 Å². The molecule has 3 rings (SSSR count). The largest absolute Gasteiger partial charge is 0.573 e. The summed E-state index contributed by atoms with van der Waals surface area (Å²) in [6, 6.07) is 1.93. The van der Waals surface area contributed by atoms with Crippen molar-refractivity contribution in [2.45, 2.75) is 90.3 Å². The zero-order valence-electron chi connectivity index (χ0n) is 18.9. The average molecular weight is 459 g/mol. The molecule has 0 radical (unpaired) electrons. The van der Waals surface area contributed by atoms with Crippen molar-refractivity contribution in [1.29, 1.82) is 0 Å². The second-order valence-corrected chi connectivity index (χ2v) is 9.68. The maximum Gasteiger partial charge on any atom is 0.573 e. The van der Waals surface area contributed by atoms with Crippen molar-refractivity contribution in [3.05, 3.63) is 41.5 Å². The van der Waals surface area contributed by atoms with Crippen LogP contribution in [0.4, 0.5) is 22.0 Å². The molecule has 0 atom stereocenters. The monoisotopic (exact) mass is 458 g/mol. The minimum atomic E-state index is -5.12. The van der Waals surface area contributed by atoms with Crippen LogP contribution >= 0.6 is 0 Å². The molecule has 2 aliphatic carbocycles. The van der Waals surface area contributed by atoms with E-state index in [0.29, 0.717) is 17.9 Å². The molecule has 0 N–H and O–H groups in total. The van der Waals surface area contributed by atoms with E-state index in [0.717, 1.165) is 49.1 Å². The summed E-state index contributed by atoms with van der Waals surface area (Å²) in [7, 11) is 0. The Morgan fingerprint density at radius 2 is 1.34 bits per heavy atom. The first-order valence-electron chi connectivity index (χ1n) is 12.1. The fourth-order valence-corrected chi connectivity index (χ4v) is 5.74. The Morgan fingerprint density at radius 1 is 0.844 bits per heavy atom. The Balaban J connectivity index is 1.40. The van der Waals surface area contributed by atoms with E-state index in [2.05, 4.69) is 23.8 Å². The number of rotatable bonds is 8. The van der Waals surface area contributed by atoms with Crippen LogP contribution in [0.5, 0.6) is 5.75 Å². The van der Waals surface area contributed by atoms with Gasteiger partial charge in [-0.15, -0.1) is 13.2 Å². The topological polar surface area (TPSA) is 9.23 Å². The molecule has 0 saturated heterocycles. The first-order chi connectivity index (χ1) is 15.2. The molecular formula is C26H35F5O. The van der Waals surface area contributed by atoms with Gasteiger partial charge in [0.05, 0.1) is 0 Å². The third-order valence-corrected chi connectivity index (χ3v) is 7.54. The number of aryl methyl sites for hydroxylation is 1. The number of hydrogen-bond donors (Lipinski definition) is 0. The van der Waals surface area contributed by atoms with Crippen molar-refractivity contribution >= 4 is 0 Å². The van der Waals surface area contributed by atoms with Gasteiger partial charge in [0.2, 0.25) is 5.75 Å². The first-order valence-corrected chi connectivity index (χ1v) is 12.1.